The van der Waals surface area contributed by atoms with Crippen molar-refractivity contribution < 1.29 is 38.0 Å². The van der Waals surface area contributed by atoms with Crippen LogP contribution in [0.15, 0.2) is 53.4 Å². The van der Waals surface area contributed by atoms with Gasteiger partial charge >= 0.3 is 6.09 Å². The van der Waals surface area contributed by atoms with Gasteiger partial charge in [0.2, 0.25) is 6.79 Å². The predicted octanol–water partition coefficient (Wildman–Crippen LogP) is 2.53. The summed E-state index contributed by atoms with van der Waals surface area (Å²) >= 11 is 0. The minimum Gasteiger partial charge on any atom is -0.465 e. The maximum absolute atomic E-state index is 13.9. The maximum atomic E-state index is 13.9. The van der Waals surface area contributed by atoms with E-state index in [2.05, 4.69) is 10.6 Å². The van der Waals surface area contributed by atoms with Gasteiger partial charge in [0.15, 0.2) is 21.3 Å². The minimum absolute atomic E-state index is 0.00379. The molecule has 0 fully saturated rings. The zero-order chi connectivity index (χ0) is 27.1. The Labute approximate surface area is 217 Å². The molecule has 1 heterocycles. The average molecular weight is 537 g/mol. The van der Waals surface area contributed by atoms with Crippen LogP contribution in [0.2, 0.25) is 0 Å². The maximum Gasteiger partial charge on any atom is 0.404 e. The quantitative estimate of drug-likeness (QED) is 0.229. The van der Waals surface area contributed by atoms with Gasteiger partial charge < -0.3 is 30.1 Å². The minimum atomic E-state index is -3.98. The lowest BCUT2D eigenvalue weighted by Crippen LogP contribution is -2.54. The molecule has 0 aromatic heterocycles. The third-order valence-electron chi connectivity index (χ3n) is 6.51. The first-order chi connectivity index (χ1) is 17.5. The molecule has 204 valence electrons. The van der Waals surface area contributed by atoms with Crippen LogP contribution in [-0.4, -0.2) is 67.3 Å². The number of hydrogen-bond acceptors (Lipinski definition) is 8. The Morgan fingerprint density at radius 2 is 1.78 bits per heavy atom. The van der Waals surface area contributed by atoms with Crippen molar-refractivity contribution >= 4 is 15.9 Å². The molecule has 1 unspecified atom stereocenters. The second kappa shape index (κ2) is 12.6. The molecule has 2 aromatic carbocycles. The Kier molecular flexibility index (Phi) is 9.77. The normalized spacial score (nSPS) is 15.7. The molecule has 0 saturated heterocycles. The van der Waals surface area contributed by atoms with Gasteiger partial charge in [0.25, 0.3) is 0 Å². The highest BCUT2D eigenvalue weighted by molar-refractivity contribution is 7.92. The van der Waals surface area contributed by atoms with Crippen LogP contribution in [0, 0.1) is 5.41 Å². The van der Waals surface area contributed by atoms with Crippen LogP contribution in [0.1, 0.15) is 38.7 Å². The summed E-state index contributed by atoms with van der Waals surface area (Å²) in [6.45, 7) is 3.48. The van der Waals surface area contributed by atoms with Crippen molar-refractivity contribution in [2.24, 2.45) is 5.41 Å². The summed E-state index contributed by atoms with van der Waals surface area (Å²) in [4.78, 5) is 11.4. The molecule has 1 aliphatic rings. The van der Waals surface area contributed by atoms with Gasteiger partial charge in [-0.3, -0.25) is 5.32 Å². The number of fused-ring (bicyclic) bond motifs is 1. The molecule has 0 aliphatic carbocycles. The van der Waals surface area contributed by atoms with Gasteiger partial charge in [-0.2, -0.15) is 0 Å². The summed E-state index contributed by atoms with van der Waals surface area (Å²) in [5, 5.41) is 33.7. The molecule has 37 heavy (non-hydrogen) atoms. The van der Waals surface area contributed by atoms with Gasteiger partial charge in [-0.1, -0.05) is 50.6 Å². The number of carboxylic acid groups (broad SMARTS) is 1. The first-order valence-corrected chi connectivity index (χ1v) is 13.8. The Hall–Kier alpha value is -2.86. The number of sulfone groups is 1. The van der Waals surface area contributed by atoms with E-state index < -0.39 is 38.9 Å². The van der Waals surface area contributed by atoms with Gasteiger partial charge in [-0.15, -0.1) is 0 Å². The monoisotopic (exact) mass is 536 g/mol. The summed E-state index contributed by atoms with van der Waals surface area (Å²) in [5.41, 5.74) is 0.0355. The number of unbranched alkanes of at least 4 members (excludes halogenated alkanes) is 1. The molecule has 0 saturated carbocycles. The van der Waals surface area contributed by atoms with Crippen LogP contribution in [0.4, 0.5) is 4.79 Å². The van der Waals surface area contributed by atoms with Gasteiger partial charge in [-0.25, -0.2) is 13.2 Å². The van der Waals surface area contributed by atoms with Gasteiger partial charge in [0, 0.05) is 19.2 Å². The number of hydrogen-bond donors (Lipinski definition) is 5. The van der Waals surface area contributed by atoms with Crippen molar-refractivity contribution in [2.75, 3.05) is 19.9 Å². The lowest BCUT2D eigenvalue weighted by molar-refractivity contribution is 0.111. The second-order valence-corrected chi connectivity index (χ2v) is 11.9. The molecular formula is C26H36N2O8S. The van der Waals surface area contributed by atoms with E-state index in [9.17, 15) is 28.5 Å². The third-order valence-corrected chi connectivity index (χ3v) is 8.84. The fourth-order valence-electron chi connectivity index (χ4n) is 4.50. The lowest BCUT2D eigenvalue weighted by Gasteiger charge is -2.36. The first kappa shape index (κ1) is 28.7. The molecule has 1 aliphatic heterocycles. The molecule has 0 radical (unpaired) electrons. The van der Waals surface area contributed by atoms with E-state index in [0.29, 0.717) is 30.8 Å². The summed E-state index contributed by atoms with van der Waals surface area (Å²) < 4.78 is 38.4. The molecule has 3 rings (SSSR count). The Balaban J connectivity index is 1.84. The highest BCUT2D eigenvalue weighted by Gasteiger charge is 2.41. The van der Waals surface area contributed by atoms with Crippen LogP contribution in [0.5, 0.6) is 11.5 Å². The third kappa shape index (κ3) is 7.57. The highest BCUT2D eigenvalue weighted by atomic mass is 32.2. The van der Waals surface area contributed by atoms with Crippen LogP contribution < -0.4 is 20.1 Å². The molecule has 3 atom stereocenters. The Morgan fingerprint density at radius 3 is 2.46 bits per heavy atom. The number of carbonyl (C=O) groups is 1. The standard InChI is InChI=1S/C26H36N2O8S/c1-26(2,12-6-7-13-29)24(37(33,34)19-10-11-22-23(15-19)36-17-35-22)27-16-21(30)20(28-25(31)32)14-18-8-4-3-5-9-18/h3-5,8-11,15,20-21,24,27-30H,6-7,12-14,16-17H2,1-2H3,(H,31,32)/t20-,21+,24?/m0/s1. The second-order valence-electron chi connectivity index (χ2n) is 9.83. The zero-order valence-corrected chi connectivity index (χ0v) is 21.9. The van der Waals surface area contributed by atoms with Crippen molar-refractivity contribution in [1.29, 1.82) is 0 Å². The van der Waals surface area contributed by atoms with Gasteiger partial charge in [0.1, 0.15) is 5.37 Å². The van der Waals surface area contributed by atoms with Crippen LogP contribution in [0.3, 0.4) is 0 Å². The van der Waals surface area contributed by atoms with Crippen LogP contribution in [-0.2, 0) is 16.3 Å². The van der Waals surface area contributed by atoms with E-state index in [-0.39, 0.29) is 31.3 Å². The number of benzene rings is 2. The molecule has 10 nitrogen and oxygen atoms in total. The number of amides is 1. The van der Waals surface area contributed by atoms with Gasteiger partial charge in [-0.05, 0) is 42.4 Å². The van der Waals surface area contributed by atoms with Crippen molar-refractivity contribution in [3.63, 3.8) is 0 Å². The fourth-order valence-corrected chi connectivity index (χ4v) is 6.57. The zero-order valence-electron chi connectivity index (χ0n) is 21.1. The number of rotatable bonds is 14. The van der Waals surface area contributed by atoms with Crippen molar-refractivity contribution in [3.05, 3.63) is 54.1 Å². The molecular weight excluding hydrogens is 500 g/mol. The van der Waals surface area contributed by atoms with E-state index in [1.165, 1.54) is 12.1 Å². The van der Waals surface area contributed by atoms with Crippen LogP contribution in [0.25, 0.3) is 0 Å². The first-order valence-electron chi connectivity index (χ1n) is 12.2. The molecule has 0 spiro atoms. The molecule has 5 N–H and O–H groups in total. The molecule has 1 amide bonds. The van der Waals surface area contributed by atoms with E-state index in [1.807, 2.05) is 44.2 Å². The number of aliphatic hydroxyl groups excluding tert-OH is 2. The van der Waals surface area contributed by atoms with Gasteiger partial charge in [0.05, 0.1) is 17.0 Å². The van der Waals surface area contributed by atoms with Crippen molar-refractivity contribution in [3.8, 4) is 11.5 Å². The van der Waals surface area contributed by atoms with Crippen molar-refractivity contribution in [1.82, 2.24) is 10.6 Å². The number of ether oxygens (including phenoxy) is 2. The largest absolute Gasteiger partial charge is 0.465 e. The van der Waals surface area contributed by atoms with E-state index >= 15 is 0 Å². The average Bonchev–Trinajstić information content (AvgIpc) is 3.32. The topological polar surface area (TPSA) is 154 Å². The van der Waals surface area contributed by atoms with E-state index in [0.717, 1.165) is 5.56 Å². The predicted molar refractivity (Wildman–Crippen MR) is 137 cm³/mol. The lowest BCUT2D eigenvalue weighted by atomic mass is 9.86. The SMILES string of the molecule is CC(C)(CCCCO)C(NC[C@@H](O)[C@H](Cc1ccccc1)NC(=O)O)S(=O)(=O)c1ccc2c(c1)OCO2. The summed E-state index contributed by atoms with van der Waals surface area (Å²) in [5.74, 6) is 0.802. The molecule has 2 aromatic rings. The van der Waals surface area contributed by atoms with E-state index in [1.54, 1.807) is 6.07 Å². The summed E-state index contributed by atoms with van der Waals surface area (Å²) in [6, 6.07) is 12.7. The Bertz CT molecular complexity index is 1140. The molecule has 0 bridgehead atoms. The highest BCUT2D eigenvalue weighted by Crippen LogP contribution is 2.38. The Morgan fingerprint density at radius 1 is 1.08 bits per heavy atom. The van der Waals surface area contributed by atoms with E-state index in [4.69, 9.17) is 9.47 Å². The smallest absolute Gasteiger partial charge is 0.404 e. The number of nitrogens with one attached hydrogen (secondary N) is 2. The molecule has 11 heteroatoms. The fraction of sp³-hybridized carbons (Fsp3) is 0.500. The van der Waals surface area contributed by atoms with Crippen molar-refractivity contribution in [2.45, 2.75) is 61.9 Å². The summed E-state index contributed by atoms with van der Waals surface area (Å²) in [7, 11) is -3.98. The van der Waals surface area contributed by atoms with Crippen LogP contribution >= 0.6 is 0 Å². The number of aliphatic hydroxyl groups is 2. The summed E-state index contributed by atoms with van der Waals surface area (Å²) in [6.07, 6.45) is -0.628.